The molecule has 0 amide bonds. The Morgan fingerprint density at radius 3 is 2.71 bits per heavy atom. The Morgan fingerprint density at radius 1 is 0.971 bits per heavy atom. The lowest BCUT2D eigenvalue weighted by molar-refractivity contribution is 0.140. The number of benzene rings is 1. The molecule has 4 heterocycles. The summed E-state index contributed by atoms with van der Waals surface area (Å²) in [5.74, 6) is 0.537. The Kier molecular flexibility index (Phi) is 7.95. The summed E-state index contributed by atoms with van der Waals surface area (Å²) in [6.45, 7) is 6.41. The molecule has 1 fully saturated rings. The first-order valence-electron chi connectivity index (χ1n) is 12.3. The lowest BCUT2D eigenvalue weighted by Gasteiger charge is -2.18. The Labute approximate surface area is 206 Å². The van der Waals surface area contributed by atoms with Gasteiger partial charge in [0.05, 0.1) is 32.1 Å². The molecule has 1 saturated heterocycles. The minimum Gasteiger partial charge on any atom is -0.383 e. The summed E-state index contributed by atoms with van der Waals surface area (Å²) in [5, 5.41) is 6.95. The fourth-order valence-corrected chi connectivity index (χ4v) is 4.35. The minimum absolute atomic E-state index is 0.485. The summed E-state index contributed by atoms with van der Waals surface area (Å²) in [6, 6.07) is 10.2. The zero-order valence-corrected chi connectivity index (χ0v) is 19.9. The van der Waals surface area contributed by atoms with E-state index in [1.54, 1.807) is 6.20 Å². The molecule has 1 aromatic carbocycles. The van der Waals surface area contributed by atoms with Crippen LogP contribution in [0, 0.1) is 0 Å². The van der Waals surface area contributed by atoms with Crippen LogP contribution in [0.25, 0.3) is 11.3 Å². The van der Waals surface area contributed by atoms with Gasteiger partial charge in [0.1, 0.15) is 0 Å². The van der Waals surface area contributed by atoms with Crippen LogP contribution in [0.4, 0.5) is 17.3 Å². The third kappa shape index (κ3) is 6.63. The number of aromatic nitrogens is 3. The zero-order chi connectivity index (χ0) is 23.7. The number of ether oxygens (including phenoxy) is 2. The van der Waals surface area contributed by atoms with E-state index in [0.717, 1.165) is 46.8 Å². The molecular formula is C27H32N6O2. The molecule has 2 N–H and O–H groups in total. The summed E-state index contributed by atoms with van der Waals surface area (Å²) in [4.78, 5) is 16.0. The maximum atomic E-state index is 5.96. The van der Waals surface area contributed by atoms with Crippen molar-refractivity contribution in [2.45, 2.75) is 26.1 Å². The molecule has 35 heavy (non-hydrogen) atoms. The topological polar surface area (TPSA) is 84.4 Å². The van der Waals surface area contributed by atoms with Crippen LogP contribution in [0.1, 0.15) is 24.0 Å². The molecule has 0 radical (unpaired) electrons. The van der Waals surface area contributed by atoms with E-state index in [-0.39, 0.29) is 0 Å². The second-order valence-electron chi connectivity index (χ2n) is 8.82. The SMILES string of the molecule is C1=CCOCc2cc(ccc2NCCN2CCCC2)Nc2nccc(n2)-c2cncc(c2)COC1. The summed E-state index contributed by atoms with van der Waals surface area (Å²) >= 11 is 0. The molecular weight excluding hydrogens is 440 g/mol. The van der Waals surface area contributed by atoms with E-state index in [4.69, 9.17) is 14.5 Å². The van der Waals surface area contributed by atoms with Crippen LogP contribution in [-0.4, -0.2) is 59.2 Å². The summed E-state index contributed by atoms with van der Waals surface area (Å²) in [6.07, 6.45) is 12.0. The monoisotopic (exact) mass is 472 g/mol. The summed E-state index contributed by atoms with van der Waals surface area (Å²) in [5.41, 5.74) is 5.84. The van der Waals surface area contributed by atoms with E-state index < -0.39 is 0 Å². The molecule has 0 unspecified atom stereocenters. The number of nitrogens with one attached hydrogen (secondary N) is 2. The van der Waals surface area contributed by atoms with E-state index >= 15 is 0 Å². The number of rotatable bonds is 4. The third-order valence-corrected chi connectivity index (χ3v) is 6.17. The molecule has 0 atom stereocenters. The van der Waals surface area contributed by atoms with E-state index in [0.29, 0.717) is 32.4 Å². The van der Waals surface area contributed by atoms with Gasteiger partial charge in [-0.05, 0) is 61.8 Å². The van der Waals surface area contributed by atoms with Gasteiger partial charge in [0, 0.05) is 54.2 Å². The van der Waals surface area contributed by atoms with Crippen molar-refractivity contribution in [2.24, 2.45) is 0 Å². The summed E-state index contributed by atoms with van der Waals surface area (Å²) in [7, 11) is 0. The lowest BCUT2D eigenvalue weighted by atomic mass is 10.1. The van der Waals surface area contributed by atoms with Gasteiger partial charge in [0.2, 0.25) is 5.95 Å². The van der Waals surface area contributed by atoms with Crippen LogP contribution in [-0.2, 0) is 22.7 Å². The fraction of sp³-hybridized carbons (Fsp3) is 0.370. The second kappa shape index (κ2) is 11.9. The molecule has 2 aliphatic rings. The van der Waals surface area contributed by atoms with Crippen molar-refractivity contribution in [2.75, 3.05) is 50.0 Å². The predicted molar refractivity (Wildman–Crippen MR) is 138 cm³/mol. The number of hydrogen-bond acceptors (Lipinski definition) is 8. The van der Waals surface area contributed by atoms with E-state index in [1.165, 1.54) is 25.9 Å². The van der Waals surface area contributed by atoms with Gasteiger partial charge in [-0.25, -0.2) is 9.97 Å². The van der Waals surface area contributed by atoms with Crippen LogP contribution < -0.4 is 10.6 Å². The molecule has 5 rings (SSSR count). The van der Waals surface area contributed by atoms with Crippen LogP contribution in [0.5, 0.6) is 0 Å². The standard InChI is InChI=1S/C27H32N6O2/c1-2-11-33(10-1)12-9-29-25-6-5-24-16-23(25)20-35-14-4-3-13-34-19-21-15-22(18-28-17-21)26-7-8-30-27(31-24)32-26/h3-8,15-18,29H,1-2,9-14,19-20H2,(H,30,31,32). The van der Waals surface area contributed by atoms with E-state index in [2.05, 4.69) is 49.8 Å². The number of fused-ring (bicyclic) bond motifs is 7. The fourth-order valence-electron chi connectivity index (χ4n) is 4.35. The molecule has 8 nitrogen and oxygen atoms in total. The van der Waals surface area contributed by atoms with Gasteiger partial charge in [-0.1, -0.05) is 12.2 Å². The highest BCUT2D eigenvalue weighted by Gasteiger charge is 2.12. The van der Waals surface area contributed by atoms with Crippen LogP contribution in [0.15, 0.2) is 61.1 Å². The average Bonchev–Trinajstić information content (AvgIpc) is 3.40. The average molecular weight is 473 g/mol. The van der Waals surface area contributed by atoms with Gasteiger partial charge < -0.3 is 25.0 Å². The van der Waals surface area contributed by atoms with Gasteiger partial charge in [-0.3, -0.25) is 4.98 Å². The molecule has 6 bridgehead atoms. The van der Waals surface area contributed by atoms with Gasteiger partial charge in [0.15, 0.2) is 0 Å². The molecule has 0 aliphatic carbocycles. The van der Waals surface area contributed by atoms with Crippen molar-refractivity contribution in [3.8, 4) is 11.3 Å². The Morgan fingerprint density at radius 2 is 1.83 bits per heavy atom. The van der Waals surface area contributed by atoms with E-state index in [9.17, 15) is 0 Å². The Balaban J connectivity index is 1.37. The van der Waals surface area contributed by atoms with Gasteiger partial charge >= 0.3 is 0 Å². The van der Waals surface area contributed by atoms with Crippen molar-refractivity contribution < 1.29 is 9.47 Å². The van der Waals surface area contributed by atoms with Crippen LogP contribution in [0.3, 0.4) is 0 Å². The van der Waals surface area contributed by atoms with Crippen molar-refractivity contribution >= 4 is 17.3 Å². The Hall–Kier alpha value is -3.33. The van der Waals surface area contributed by atoms with Crippen LogP contribution >= 0.6 is 0 Å². The highest BCUT2D eigenvalue weighted by molar-refractivity contribution is 5.65. The largest absolute Gasteiger partial charge is 0.383 e. The smallest absolute Gasteiger partial charge is 0.227 e. The number of hydrogen-bond donors (Lipinski definition) is 2. The highest BCUT2D eigenvalue weighted by atomic mass is 16.5. The maximum absolute atomic E-state index is 5.96. The first-order chi connectivity index (χ1) is 17.3. The maximum Gasteiger partial charge on any atom is 0.227 e. The normalized spacial score (nSPS) is 16.8. The molecule has 2 aromatic heterocycles. The number of anilines is 3. The minimum atomic E-state index is 0.485. The zero-order valence-electron chi connectivity index (χ0n) is 19.9. The molecule has 2 aliphatic heterocycles. The summed E-state index contributed by atoms with van der Waals surface area (Å²) < 4.78 is 11.7. The quantitative estimate of drug-likeness (QED) is 0.541. The lowest BCUT2D eigenvalue weighted by Crippen LogP contribution is -2.26. The predicted octanol–water partition coefficient (Wildman–Crippen LogP) is 4.39. The second-order valence-corrected chi connectivity index (χ2v) is 8.82. The molecule has 8 heteroatoms. The van der Waals surface area contributed by atoms with Crippen molar-refractivity contribution in [3.63, 3.8) is 0 Å². The molecule has 3 aromatic rings. The number of nitrogens with zero attached hydrogens (tertiary/aromatic N) is 4. The first-order valence-corrected chi connectivity index (χ1v) is 12.3. The van der Waals surface area contributed by atoms with Crippen LogP contribution in [0.2, 0.25) is 0 Å². The first kappa shape index (κ1) is 23.4. The number of likely N-dealkylation sites (tertiary alicyclic amines) is 1. The molecule has 0 spiro atoms. The van der Waals surface area contributed by atoms with E-state index in [1.807, 2.05) is 30.6 Å². The van der Waals surface area contributed by atoms with Crippen molar-refractivity contribution in [3.05, 3.63) is 72.2 Å². The molecule has 182 valence electrons. The van der Waals surface area contributed by atoms with Gasteiger partial charge in [0.25, 0.3) is 0 Å². The van der Waals surface area contributed by atoms with Gasteiger partial charge in [-0.15, -0.1) is 0 Å². The highest BCUT2D eigenvalue weighted by Crippen LogP contribution is 2.25. The molecule has 0 saturated carbocycles. The van der Waals surface area contributed by atoms with Gasteiger partial charge in [-0.2, -0.15) is 0 Å². The van der Waals surface area contributed by atoms with Crippen molar-refractivity contribution in [1.29, 1.82) is 0 Å². The Bertz CT molecular complexity index is 1150. The number of pyridine rings is 1. The van der Waals surface area contributed by atoms with Crippen molar-refractivity contribution in [1.82, 2.24) is 19.9 Å². The third-order valence-electron chi connectivity index (χ3n) is 6.17.